The van der Waals surface area contributed by atoms with Crippen molar-refractivity contribution in [1.82, 2.24) is 4.90 Å². The second-order valence-electron chi connectivity index (χ2n) is 2.56. The van der Waals surface area contributed by atoms with Crippen LogP contribution in [0.3, 0.4) is 0 Å². The van der Waals surface area contributed by atoms with Crippen LogP contribution in [-0.4, -0.2) is 31.3 Å². The lowest BCUT2D eigenvalue weighted by Gasteiger charge is -2.20. The smallest absolute Gasteiger partial charge is 0.106 e. The summed E-state index contributed by atoms with van der Waals surface area (Å²) < 4.78 is 0. The number of allylic oxidation sites excluding steroid dienone is 2. The molecule has 0 spiro atoms. The van der Waals surface area contributed by atoms with E-state index in [0.717, 1.165) is 13.1 Å². The molecule has 0 aromatic carbocycles. The normalized spacial score (nSPS) is 16.8. The second kappa shape index (κ2) is 4.59. The molecule has 1 aliphatic heterocycles. The van der Waals surface area contributed by atoms with Crippen molar-refractivity contribution >= 4 is 6.21 Å². The molecule has 3 nitrogen and oxygen atoms in total. The molecule has 0 N–H and O–H groups in total. The summed E-state index contributed by atoms with van der Waals surface area (Å²) in [5, 5.41) is 3.71. The maximum atomic E-state index is 4.60. The van der Waals surface area contributed by atoms with Crippen LogP contribution in [0.15, 0.2) is 29.1 Å². The highest BCUT2D eigenvalue weighted by Crippen LogP contribution is 2.04. The van der Waals surface area contributed by atoms with Crippen molar-refractivity contribution in [2.75, 3.05) is 20.2 Å². The van der Waals surface area contributed by atoms with Crippen molar-refractivity contribution in [3.63, 3.8) is 0 Å². The molecule has 1 rings (SSSR count). The predicted octanol–water partition coefficient (Wildman–Crippen LogP) is 1.39. The van der Waals surface area contributed by atoms with Crippen molar-refractivity contribution in [3.8, 4) is 0 Å². The highest BCUT2D eigenvalue weighted by molar-refractivity contribution is 5.79. The Kier molecular flexibility index (Phi) is 3.38. The third kappa shape index (κ3) is 2.42. The van der Waals surface area contributed by atoms with E-state index in [-0.39, 0.29) is 0 Å². The second-order valence-corrected chi connectivity index (χ2v) is 2.56. The van der Waals surface area contributed by atoms with E-state index in [9.17, 15) is 0 Å². The van der Waals surface area contributed by atoms with Crippen LogP contribution in [0.25, 0.3) is 0 Å². The van der Waals surface area contributed by atoms with Gasteiger partial charge in [0.1, 0.15) is 7.11 Å². The average molecular weight is 166 g/mol. The van der Waals surface area contributed by atoms with Gasteiger partial charge in [0.15, 0.2) is 0 Å². The quantitative estimate of drug-likeness (QED) is 0.467. The van der Waals surface area contributed by atoms with Crippen molar-refractivity contribution in [2.45, 2.75) is 6.92 Å². The van der Waals surface area contributed by atoms with E-state index in [1.165, 1.54) is 5.57 Å². The largest absolute Gasteiger partial charge is 0.399 e. The van der Waals surface area contributed by atoms with Gasteiger partial charge in [0, 0.05) is 13.1 Å². The maximum Gasteiger partial charge on any atom is 0.106 e. The fourth-order valence-electron chi connectivity index (χ4n) is 1.05. The van der Waals surface area contributed by atoms with Crippen LogP contribution < -0.4 is 0 Å². The molecule has 0 atom stereocenters. The molecule has 0 aromatic rings. The van der Waals surface area contributed by atoms with Gasteiger partial charge in [-0.15, -0.1) is 0 Å². The third-order valence-electron chi connectivity index (χ3n) is 1.72. The monoisotopic (exact) mass is 166 g/mol. The van der Waals surface area contributed by atoms with Gasteiger partial charge in [-0.25, -0.2) is 0 Å². The van der Waals surface area contributed by atoms with Gasteiger partial charge in [-0.05, 0) is 24.8 Å². The SMILES string of the molecule is CCN1C=CC=C(/C=N/OC)C1. The standard InChI is InChI=1S/C9H14N2O/c1-3-11-6-4-5-9(8-11)7-10-12-2/h4-7H,3,8H2,1-2H3/b10-7+. The van der Waals surface area contributed by atoms with Gasteiger partial charge in [-0.1, -0.05) is 11.2 Å². The van der Waals surface area contributed by atoms with Crippen LogP contribution in [-0.2, 0) is 4.84 Å². The molecule has 0 aliphatic carbocycles. The molecule has 0 bridgehead atoms. The highest BCUT2D eigenvalue weighted by atomic mass is 16.6. The molecule has 3 heteroatoms. The fourth-order valence-corrected chi connectivity index (χ4v) is 1.05. The molecule has 12 heavy (non-hydrogen) atoms. The van der Waals surface area contributed by atoms with Gasteiger partial charge in [0.2, 0.25) is 0 Å². The molecule has 1 heterocycles. The summed E-state index contributed by atoms with van der Waals surface area (Å²) in [6.07, 6.45) is 7.87. The molecular weight excluding hydrogens is 152 g/mol. The van der Waals surface area contributed by atoms with Crippen molar-refractivity contribution in [1.29, 1.82) is 0 Å². The Hall–Kier alpha value is -1.25. The lowest BCUT2D eigenvalue weighted by Crippen LogP contribution is -2.21. The van der Waals surface area contributed by atoms with Gasteiger partial charge in [0.25, 0.3) is 0 Å². The topological polar surface area (TPSA) is 24.8 Å². The van der Waals surface area contributed by atoms with Gasteiger partial charge in [-0.2, -0.15) is 0 Å². The summed E-state index contributed by atoms with van der Waals surface area (Å²) in [5.41, 5.74) is 1.17. The molecular formula is C9H14N2O. The van der Waals surface area contributed by atoms with E-state index in [2.05, 4.69) is 28.0 Å². The first kappa shape index (κ1) is 8.84. The molecule has 0 saturated carbocycles. The van der Waals surface area contributed by atoms with Crippen molar-refractivity contribution < 1.29 is 4.84 Å². The van der Waals surface area contributed by atoms with Crippen molar-refractivity contribution in [2.24, 2.45) is 5.16 Å². The Balaban J connectivity index is 2.51. The minimum Gasteiger partial charge on any atom is -0.399 e. The van der Waals surface area contributed by atoms with Gasteiger partial charge in [0.05, 0.1) is 6.21 Å². The molecule has 0 aromatic heterocycles. The van der Waals surface area contributed by atoms with Crippen LogP contribution in [0, 0.1) is 0 Å². The van der Waals surface area contributed by atoms with E-state index < -0.39 is 0 Å². The van der Waals surface area contributed by atoms with Gasteiger partial charge >= 0.3 is 0 Å². The maximum absolute atomic E-state index is 4.60. The molecule has 0 amide bonds. The van der Waals surface area contributed by atoms with Crippen LogP contribution in [0.5, 0.6) is 0 Å². The Morgan fingerprint density at radius 1 is 1.75 bits per heavy atom. The Bertz CT molecular complexity index is 219. The Morgan fingerprint density at radius 3 is 3.25 bits per heavy atom. The highest BCUT2D eigenvalue weighted by Gasteiger charge is 2.02. The van der Waals surface area contributed by atoms with Crippen molar-refractivity contribution in [3.05, 3.63) is 23.9 Å². The van der Waals surface area contributed by atoms with Crippen LogP contribution in [0.4, 0.5) is 0 Å². The summed E-state index contributed by atoms with van der Waals surface area (Å²) in [6, 6.07) is 0. The number of oxime groups is 1. The van der Waals surface area contributed by atoms with Gasteiger partial charge < -0.3 is 9.74 Å². The fraction of sp³-hybridized carbons (Fsp3) is 0.444. The number of rotatable bonds is 3. The first-order valence-corrected chi connectivity index (χ1v) is 4.04. The molecule has 0 radical (unpaired) electrons. The first-order chi connectivity index (χ1) is 5.86. The van der Waals surface area contributed by atoms with E-state index in [0.29, 0.717) is 0 Å². The zero-order valence-electron chi connectivity index (χ0n) is 7.53. The summed E-state index contributed by atoms with van der Waals surface area (Å²) in [5.74, 6) is 0. The minimum atomic E-state index is 0.917. The molecule has 66 valence electrons. The number of likely N-dealkylation sites (N-methyl/N-ethyl adjacent to an activating group) is 1. The predicted molar refractivity (Wildman–Crippen MR) is 50.0 cm³/mol. The number of nitrogens with zero attached hydrogens (tertiary/aromatic N) is 2. The van der Waals surface area contributed by atoms with E-state index in [1.54, 1.807) is 13.3 Å². The Morgan fingerprint density at radius 2 is 2.58 bits per heavy atom. The minimum absolute atomic E-state index is 0.917. The molecule has 0 fully saturated rings. The summed E-state index contributed by atoms with van der Waals surface area (Å²) in [4.78, 5) is 6.80. The molecule has 1 aliphatic rings. The van der Waals surface area contributed by atoms with E-state index in [1.807, 2.05) is 12.2 Å². The van der Waals surface area contributed by atoms with Gasteiger partial charge in [-0.3, -0.25) is 0 Å². The number of hydrogen-bond acceptors (Lipinski definition) is 3. The lowest BCUT2D eigenvalue weighted by atomic mass is 10.2. The van der Waals surface area contributed by atoms with Crippen LogP contribution >= 0.6 is 0 Å². The summed E-state index contributed by atoms with van der Waals surface area (Å²) in [7, 11) is 1.55. The zero-order valence-corrected chi connectivity index (χ0v) is 7.53. The molecule has 0 unspecified atom stereocenters. The average Bonchev–Trinajstić information content (AvgIpc) is 2.15. The first-order valence-electron chi connectivity index (χ1n) is 4.04. The van der Waals surface area contributed by atoms with E-state index in [4.69, 9.17) is 0 Å². The van der Waals surface area contributed by atoms with E-state index >= 15 is 0 Å². The third-order valence-corrected chi connectivity index (χ3v) is 1.72. The zero-order chi connectivity index (χ0) is 8.81. The Labute approximate surface area is 73.0 Å². The summed E-state index contributed by atoms with van der Waals surface area (Å²) in [6.45, 7) is 4.06. The number of hydrogen-bond donors (Lipinski definition) is 0. The lowest BCUT2D eigenvalue weighted by molar-refractivity contribution is 0.215. The van der Waals surface area contributed by atoms with Crippen LogP contribution in [0.1, 0.15) is 6.92 Å². The molecule has 0 saturated heterocycles. The summed E-state index contributed by atoms with van der Waals surface area (Å²) >= 11 is 0. The van der Waals surface area contributed by atoms with Crippen LogP contribution in [0.2, 0.25) is 0 Å².